The molecule has 0 saturated heterocycles. The predicted octanol–water partition coefficient (Wildman–Crippen LogP) is 3.44. The molecule has 2 aromatic heterocycles. The van der Waals surface area contributed by atoms with E-state index in [0.717, 1.165) is 15.9 Å². The molecule has 3 rings (SSSR count). The molecule has 0 amide bonds. The molecule has 0 aliphatic heterocycles. The molecule has 1 saturated carbocycles. The molecule has 170 valence electrons. The van der Waals surface area contributed by atoms with Crippen LogP contribution in [0.15, 0.2) is 14.6 Å². The molecule has 0 N–H and O–H groups in total. The highest BCUT2D eigenvalue weighted by Crippen LogP contribution is 2.41. The van der Waals surface area contributed by atoms with Gasteiger partial charge in [-0.2, -0.15) is 13.2 Å². The highest BCUT2D eigenvalue weighted by Gasteiger charge is 2.39. The van der Waals surface area contributed by atoms with Crippen LogP contribution >= 0.6 is 11.3 Å². The molecule has 0 aromatic carbocycles. The molecule has 2 heterocycles. The van der Waals surface area contributed by atoms with Crippen LogP contribution in [0.4, 0.5) is 13.2 Å². The minimum atomic E-state index is -4.63. The topological polar surface area (TPSA) is 82.7 Å². The number of carbonyl (C=O) groups excluding carboxylic acids is 1. The fraction of sp³-hybridized carbons (Fsp3) is 0.600. The lowest BCUT2D eigenvalue weighted by molar-refractivity contribution is -0.152. The Morgan fingerprint density at radius 3 is 2.42 bits per heavy atom. The number of ether oxygens (including phenoxy) is 1. The Kier molecular flexibility index (Phi) is 5.94. The van der Waals surface area contributed by atoms with Gasteiger partial charge in [-0.05, 0) is 45.6 Å². The van der Waals surface area contributed by atoms with E-state index in [1.165, 1.54) is 6.21 Å². The van der Waals surface area contributed by atoms with Crippen molar-refractivity contribution in [3.05, 3.63) is 31.3 Å². The molecule has 1 aliphatic carbocycles. The second-order valence-electron chi connectivity index (χ2n) is 8.77. The minimum absolute atomic E-state index is 0.0481. The smallest absolute Gasteiger partial charge is 0.406 e. The summed E-state index contributed by atoms with van der Waals surface area (Å²) in [6.45, 7) is 6.83. The van der Waals surface area contributed by atoms with Crippen LogP contribution in [-0.2, 0) is 16.1 Å². The number of carbonyl (C=O) groups is 1. The van der Waals surface area contributed by atoms with Gasteiger partial charge in [0.05, 0.1) is 10.3 Å². The van der Waals surface area contributed by atoms with Gasteiger partial charge in [-0.1, -0.05) is 6.92 Å². The van der Waals surface area contributed by atoms with Crippen molar-refractivity contribution in [3.8, 4) is 0 Å². The van der Waals surface area contributed by atoms with Crippen molar-refractivity contribution in [2.45, 2.75) is 65.4 Å². The van der Waals surface area contributed by atoms with E-state index in [9.17, 15) is 27.6 Å². The summed E-state index contributed by atoms with van der Waals surface area (Å²) in [4.78, 5) is 42.0. The third-order valence-electron chi connectivity index (χ3n) is 4.86. The van der Waals surface area contributed by atoms with E-state index in [4.69, 9.17) is 4.74 Å². The van der Waals surface area contributed by atoms with E-state index in [1.54, 1.807) is 27.7 Å². The van der Waals surface area contributed by atoms with Crippen LogP contribution < -0.4 is 11.2 Å². The lowest BCUT2D eigenvalue weighted by Crippen LogP contribution is -2.41. The number of aromatic nitrogens is 2. The maximum Gasteiger partial charge on any atom is 0.406 e. The average Bonchev–Trinajstić information content (AvgIpc) is 3.20. The summed E-state index contributed by atoms with van der Waals surface area (Å²) >= 11 is 0.874. The predicted molar refractivity (Wildman–Crippen MR) is 112 cm³/mol. The standard InChI is InChI=1S/C20H24F3N3O4S/c1-10-6-12(10)26-16(28)15-11(2)13(7-24-8-14(27)30-19(3,4)5)31-17(15)25(18(26)29)9-20(21,22)23/h7,10,12H,6,8-9H2,1-5H3/t10-,12-/m0/s1. The second-order valence-corrected chi connectivity index (χ2v) is 9.80. The minimum Gasteiger partial charge on any atom is -0.459 e. The number of aryl methyl sites for hydroxylation is 1. The summed E-state index contributed by atoms with van der Waals surface area (Å²) in [7, 11) is 0. The lowest BCUT2D eigenvalue weighted by atomic mass is 10.2. The fourth-order valence-electron chi connectivity index (χ4n) is 3.35. The Balaban J connectivity index is 2.07. The number of fused-ring (bicyclic) bond motifs is 1. The highest BCUT2D eigenvalue weighted by molar-refractivity contribution is 7.20. The van der Waals surface area contributed by atoms with Crippen molar-refractivity contribution < 1.29 is 22.7 Å². The van der Waals surface area contributed by atoms with E-state index >= 15 is 0 Å². The van der Waals surface area contributed by atoms with Gasteiger partial charge in [0.1, 0.15) is 23.5 Å². The summed E-state index contributed by atoms with van der Waals surface area (Å²) in [6, 6.07) is -0.396. The molecule has 1 fully saturated rings. The van der Waals surface area contributed by atoms with Crippen LogP contribution in [0.3, 0.4) is 0 Å². The Morgan fingerprint density at radius 2 is 1.90 bits per heavy atom. The normalized spacial score (nSPS) is 19.4. The molecule has 0 bridgehead atoms. The van der Waals surface area contributed by atoms with Crippen molar-refractivity contribution in [2.75, 3.05) is 6.54 Å². The van der Waals surface area contributed by atoms with Gasteiger partial charge in [-0.3, -0.25) is 23.7 Å². The zero-order valence-corrected chi connectivity index (χ0v) is 18.7. The number of thiophene rings is 1. The molecule has 7 nitrogen and oxygen atoms in total. The van der Waals surface area contributed by atoms with Crippen LogP contribution in [0.5, 0.6) is 0 Å². The van der Waals surface area contributed by atoms with Gasteiger partial charge >= 0.3 is 17.8 Å². The first-order chi connectivity index (χ1) is 14.2. The number of esters is 1. The van der Waals surface area contributed by atoms with Crippen molar-refractivity contribution >= 4 is 33.7 Å². The third kappa shape index (κ3) is 5.08. The molecule has 0 unspecified atom stereocenters. The van der Waals surface area contributed by atoms with E-state index in [-0.39, 0.29) is 22.7 Å². The van der Waals surface area contributed by atoms with Crippen LogP contribution in [0.2, 0.25) is 0 Å². The second kappa shape index (κ2) is 7.92. The number of aliphatic imine (C=N–C) groups is 1. The summed E-state index contributed by atoms with van der Waals surface area (Å²) in [5.41, 5.74) is -1.79. The molecule has 2 atom stereocenters. The van der Waals surface area contributed by atoms with E-state index in [2.05, 4.69) is 4.99 Å². The number of nitrogens with zero attached hydrogens (tertiary/aromatic N) is 3. The zero-order chi connectivity index (χ0) is 23.3. The largest absolute Gasteiger partial charge is 0.459 e. The van der Waals surface area contributed by atoms with Crippen molar-refractivity contribution in [3.63, 3.8) is 0 Å². The summed E-state index contributed by atoms with van der Waals surface area (Å²) in [6.07, 6.45) is -2.73. The van der Waals surface area contributed by atoms with Gasteiger partial charge < -0.3 is 4.74 Å². The molecule has 31 heavy (non-hydrogen) atoms. The van der Waals surface area contributed by atoms with Crippen LogP contribution in [-0.4, -0.2) is 39.6 Å². The van der Waals surface area contributed by atoms with Gasteiger partial charge in [0, 0.05) is 12.3 Å². The Morgan fingerprint density at radius 1 is 1.29 bits per heavy atom. The van der Waals surface area contributed by atoms with Gasteiger partial charge in [-0.25, -0.2) is 4.79 Å². The Hall–Kier alpha value is -2.43. The van der Waals surface area contributed by atoms with Crippen LogP contribution in [0.1, 0.15) is 50.6 Å². The first-order valence-electron chi connectivity index (χ1n) is 9.76. The third-order valence-corrected chi connectivity index (χ3v) is 6.11. The monoisotopic (exact) mass is 459 g/mol. The highest BCUT2D eigenvalue weighted by atomic mass is 32.1. The SMILES string of the molecule is Cc1c(C=NCC(=O)OC(C)(C)C)sc2c1c(=O)n([C@H]1C[C@@H]1C)c(=O)n2CC(F)(F)F. The molecule has 11 heteroatoms. The van der Waals surface area contributed by atoms with Gasteiger partial charge in [-0.15, -0.1) is 11.3 Å². The molecule has 0 spiro atoms. The number of alkyl halides is 3. The molecular weight excluding hydrogens is 435 g/mol. The van der Waals surface area contributed by atoms with Crippen LogP contribution in [0, 0.1) is 12.8 Å². The maximum atomic E-state index is 13.2. The van der Waals surface area contributed by atoms with Crippen molar-refractivity contribution in [1.29, 1.82) is 0 Å². The van der Waals surface area contributed by atoms with E-state index < -0.39 is 41.6 Å². The summed E-state index contributed by atoms with van der Waals surface area (Å²) < 4.78 is 46.3. The molecule has 1 aliphatic rings. The molecular formula is C20H24F3N3O4S. The number of rotatable bonds is 5. The number of hydrogen-bond acceptors (Lipinski definition) is 6. The zero-order valence-electron chi connectivity index (χ0n) is 17.9. The Bertz CT molecular complexity index is 1170. The summed E-state index contributed by atoms with van der Waals surface area (Å²) in [5, 5.41) is 0.0756. The van der Waals surface area contributed by atoms with Gasteiger partial charge in [0.2, 0.25) is 0 Å². The first-order valence-corrected chi connectivity index (χ1v) is 10.6. The van der Waals surface area contributed by atoms with Crippen molar-refractivity contribution in [1.82, 2.24) is 9.13 Å². The van der Waals surface area contributed by atoms with Gasteiger partial charge in [0.25, 0.3) is 5.56 Å². The maximum absolute atomic E-state index is 13.2. The molecule has 2 aromatic rings. The van der Waals surface area contributed by atoms with E-state index in [0.29, 0.717) is 21.4 Å². The molecule has 0 radical (unpaired) electrons. The van der Waals surface area contributed by atoms with Crippen LogP contribution in [0.25, 0.3) is 10.2 Å². The lowest BCUT2D eigenvalue weighted by Gasteiger charge is -2.18. The Labute approximate surface area is 180 Å². The van der Waals surface area contributed by atoms with E-state index in [1.807, 2.05) is 6.92 Å². The van der Waals surface area contributed by atoms with Gasteiger partial charge in [0.15, 0.2) is 0 Å². The summed E-state index contributed by atoms with van der Waals surface area (Å²) in [5.74, 6) is -0.502. The average molecular weight is 459 g/mol. The fourth-order valence-corrected chi connectivity index (χ4v) is 4.54. The quantitative estimate of drug-likeness (QED) is 0.507. The number of halogens is 3. The van der Waals surface area contributed by atoms with Crippen molar-refractivity contribution in [2.24, 2.45) is 10.9 Å². The number of hydrogen-bond donors (Lipinski definition) is 0. The first kappa shape index (κ1) is 23.2.